The van der Waals surface area contributed by atoms with Gasteiger partial charge in [-0.1, -0.05) is 20.8 Å². The van der Waals surface area contributed by atoms with Gasteiger partial charge in [0.15, 0.2) is 0 Å². The monoisotopic (exact) mass is 254 g/mol. The molecule has 100 valence electrons. The van der Waals surface area contributed by atoms with Crippen molar-refractivity contribution in [2.24, 2.45) is 12.5 Å². The number of rotatable bonds is 3. The summed E-state index contributed by atoms with van der Waals surface area (Å²) in [6.07, 6.45) is 1.22. The molecule has 18 heavy (non-hydrogen) atoms. The van der Waals surface area contributed by atoms with Gasteiger partial charge in [0.25, 0.3) is 5.91 Å². The molecule has 0 aliphatic heterocycles. The van der Waals surface area contributed by atoms with E-state index in [4.69, 9.17) is 0 Å². The van der Waals surface area contributed by atoms with E-state index in [1.807, 2.05) is 27.7 Å². The first-order valence-corrected chi connectivity index (χ1v) is 5.62. The Kier molecular flexibility index (Phi) is 3.73. The molecule has 0 fully saturated rings. The Morgan fingerprint density at radius 3 is 2.56 bits per heavy atom. The molecule has 7 heteroatoms. The second-order valence-corrected chi connectivity index (χ2v) is 5.35. The van der Waals surface area contributed by atoms with Crippen LogP contribution in [0.3, 0.4) is 0 Å². The van der Waals surface area contributed by atoms with Gasteiger partial charge in [-0.15, -0.1) is 0 Å². The minimum atomic E-state index is -0.607. The lowest BCUT2D eigenvalue weighted by Crippen LogP contribution is -2.41. The predicted octanol–water partition coefficient (Wildman–Crippen LogP) is 1.49. The Hall–Kier alpha value is -1.92. The molecule has 1 rings (SSSR count). The van der Waals surface area contributed by atoms with E-state index in [-0.39, 0.29) is 22.8 Å². The number of aromatic nitrogens is 2. The fourth-order valence-electron chi connectivity index (χ4n) is 1.25. The van der Waals surface area contributed by atoms with Gasteiger partial charge in [-0.3, -0.25) is 19.6 Å². The maximum Gasteiger partial charge on any atom is 0.320 e. The van der Waals surface area contributed by atoms with Crippen LogP contribution in [0, 0.1) is 15.5 Å². The highest BCUT2D eigenvalue weighted by Crippen LogP contribution is 2.20. The van der Waals surface area contributed by atoms with Crippen LogP contribution in [-0.4, -0.2) is 26.7 Å². The minimum absolute atomic E-state index is 0.119. The fraction of sp³-hybridized carbons (Fsp3) is 0.636. The molecule has 0 saturated carbocycles. The molecule has 0 aromatic carbocycles. The van der Waals surface area contributed by atoms with Crippen molar-refractivity contribution in [3.05, 3.63) is 22.0 Å². The van der Waals surface area contributed by atoms with Crippen LogP contribution in [0.5, 0.6) is 0 Å². The molecule has 1 aromatic rings. The summed E-state index contributed by atoms with van der Waals surface area (Å²) in [5, 5.41) is 17.3. The first-order chi connectivity index (χ1) is 8.12. The van der Waals surface area contributed by atoms with Crippen LogP contribution in [0.2, 0.25) is 0 Å². The maximum absolute atomic E-state index is 11.9. The van der Waals surface area contributed by atoms with Crippen molar-refractivity contribution in [2.45, 2.75) is 33.7 Å². The summed E-state index contributed by atoms with van der Waals surface area (Å²) < 4.78 is 1.26. The number of amides is 1. The first kappa shape index (κ1) is 14.1. The molecule has 0 aliphatic carbocycles. The van der Waals surface area contributed by atoms with E-state index in [2.05, 4.69) is 10.4 Å². The van der Waals surface area contributed by atoms with Gasteiger partial charge >= 0.3 is 5.69 Å². The highest BCUT2D eigenvalue weighted by atomic mass is 16.6. The number of nitrogens with zero attached hydrogens (tertiary/aromatic N) is 3. The number of aryl methyl sites for hydroxylation is 1. The molecule has 0 saturated heterocycles. The third-order valence-corrected chi connectivity index (χ3v) is 2.87. The van der Waals surface area contributed by atoms with Crippen molar-refractivity contribution in [1.29, 1.82) is 0 Å². The van der Waals surface area contributed by atoms with Gasteiger partial charge in [0.05, 0.1) is 4.92 Å². The Balaban J connectivity index is 2.95. The lowest BCUT2D eigenvalue weighted by Gasteiger charge is -2.27. The van der Waals surface area contributed by atoms with Crippen molar-refractivity contribution in [1.82, 2.24) is 15.1 Å². The molecule has 0 bridgehead atoms. The van der Waals surface area contributed by atoms with Crippen molar-refractivity contribution >= 4 is 11.6 Å². The lowest BCUT2D eigenvalue weighted by atomic mass is 9.88. The van der Waals surface area contributed by atoms with Crippen molar-refractivity contribution < 1.29 is 9.72 Å². The smallest absolute Gasteiger partial charge is 0.320 e. The highest BCUT2D eigenvalue weighted by Gasteiger charge is 2.28. The van der Waals surface area contributed by atoms with E-state index in [1.165, 1.54) is 17.9 Å². The molecule has 1 atom stereocenters. The molecular weight excluding hydrogens is 236 g/mol. The van der Waals surface area contributed by atoms with E-state index >= 15 is 0 Å². The molecule has 0 radical (unpaired) electrons. The van der Waals surface area contributed by atoms with Crippen LogP contribution < -0.4 is 5.32 Å². The summed E-state index contributed by atoms with van der Waals surface area (Å²) in [6.45, 7) is 7.78. The molecule has 0 aliphatic rings. The van der Waals surface area contributed by atoms with E-state index in [9.17, 15) is 14.9 Å². The number of nitro groups is 1. The number of hydrogen-bond donors (Lipinski definition) is 1. The van der Waals surface area contributed by atoms with Crippen LogP contribution in [0.25, 0.3) is 0 Å². The van der Waals surface area contributed by atoms with Crippen LogP contribution in [0.4, 0.5) is 5.69 Å². The van der Waals surface area contributed by atoms with Gasteiger partial charge in [-0.05, 0) is 12.3 Å². The fourth-order valence-corrected chi connectivity index (χ4v) is 1.25. The zero-order valence-corrected chi connectivity index (χ0v) is 11.2. The summed E-state index contributed by atoms with van der Waals surface area (Å²) in [7, 11) is 1.54. The predicted molar refractivity (Wildman–Crippen MR) is 66.2 cm³/mol. The summed E-state index contributed by atoms with van der Waals surface area (Å²) in [5.74, 6) is -0.523. The lowest BCUT2D eigenvalue weighted by molar-refractivity contribution is -0.385. The van der Waals surface area contributed by atoms with E-state index in [0.717, 1.165) is 0 Å². The van der Waals surface area contributed by atoms with E-state index in [1.54, 1.807) is 0 Å². The zero-order valence-electron chi connectivity index (χ0n) is 11.2. The average molecular weight is 254 g/mol. The number of nitrogens with one attached hydrogen (secondary N) is 1. The second kappa shape index (κ2) is 4.75. The largest absolute Gasteiger partial charge is 0.347 e. The molecule has 1 N–H and O–H groups in total. The maximum atomic E-state index is 11.9. The number of carbonyl (C=O) groups is 1. The first-order valence-electron chi connectivity index (χ1n) is 5.62. The zero-order chi connectivity index (χ0) is 14.1. The van der Waals surface area contributed by atoms with Crippen molar-refractivity contribution in [2.75, 3.05) is 0 Å². The topological polar surface area (TPSA) is 90.1 Å². The quantitative estimate of drug-likeness (QED) is 0.653. The van der Waals surface area contributed by atoms with E-state index < -0.39 is 10.8 Å². The Bertz CT molecular complexity index is 473. The summed E-state index contributed by atoms with van der Waals surface area (Å²) >= 11 is 0. The molecule has 1 amide bonds. The minimum Gasteiger partial charge on any atom is -0.347 e. The van der Waals surface area contributed by atoms with Crippen LogP contribution in [0.15, 0.2) is 6.20 Å². The third-order valence-electron chi connectivity index (χ3n) is 2.87. The van der Waals surface area contributed by atoms with Gasteiger partial charge in [-0.2, -0.15) is 5.10 Å². The van der Waals surface area contributed by atoms with Gasteiger partial charge in [-0.25, -0.2) is 0 Å². The summed E-state index contributed by atoms with van der Waals surface area (Å²) in [5.41, 5.74) is -0.561. The van der Waals surface area contributed by atoms with E-state index in [0.29, 0.717) is 0 Å². The van der Waals surface area contributed by atoms with Gasteiger partial charge in [0.1, 0.15) is 6.20 Å². The number of carbonyl (C=O) groups excluding carboxylic acids is 1. The van der Waals surface area contributed by atoms with Gasteiger partial charge in [0.2, 0.25) is 5.69 Å². The van der Waals surface area contributed by atoms with Gasteiger partial charge in [0, 0.05) is 13.1 Å². The Morgan fingerprint density at radius 2 is 2.11 bits per heavy atom. The SMILES string of the molecule is C[C@@H](NC(=O)c1nn(C)cc1[N+](=O)[O-])C(C)(C)C. The van der Waals surface area contributed by atoms with Gasteiger partial charge < -0.3 is 5.32 Å². The summed E-state index contributed by atoms with van der Waals surface area (Å²) in [4.78, 5) is 22.1. The van der Waals surface area contributed by atoms with Crippen LogP contribution in [0.1, 0.15) is 38.2 Å². The molecule has 1 heterocycles. The average Bonchev–Trinajstić information content (AvgIpc) is 2.58. The molecule has 1 aromatic heterocycles. The molecule has 7 nitrogen and oxygen atoms in total. The second-order valence-electron chi connectivity index (χ2n) is 5.35. The Labute approximate surface area is 105 Å². The van der Waals surface area contributed by atoms with Crippen molar-refractivity contribution in [3.8, 4) is 0 Å². The van der Waals surface area contributed by atoms with Crippen LogP contribution >= 0.6 is 0 Å². The van der Waals surface area contributed by atoms with Crippen molar-refractivity contribution in [3.63, 3.8) is 0 Å². The molecule has 0 unspecified atom stereocenters. The standard InChI is InChI=1S/C11H18N4O3/c1-7(11(2,3)4)12-10(16)9-8(15(17)18)6-14(5)13-9/h6-7H,1-5H3,(H,12,16)/t7-/m1/s1. The summed E-state index contributed by atoms with van der Waals surface area (Å²) in [6, 6.07) is -0.119. The molecule has 0 spiro atoms. The number of hydrogen-bond acceptors (Lipinski definition) is 4. The van der Waals surface area contributed by atoms with Crippen LogP contribution in [-0.2, 0) is 7.05 Å². The Morgan fingerprint density at radius 1 is 1.56 bits per heavy atom. The molecular formula is C11H18N4O3. The third kappa shape index (κ3) is 3.06. The normalized spacial score (nSPS) is 13.2. The highest BCUT2D eigenvalue weighted by molar-refractivity contribution is 5.96.